The van der Waals surface area contributed by atoms with Crippen molar-refractivity contribution in [3.63, 3.8) is 0 Å². The molecule has 20 heavy (non-hydrogen) atoms. The first-order valence-electron chi connectivity index (χ1n) is 6.68. The molecule has 1 aromatic rings. The van der Waals surface area contributed by atoms with Crippen molar-refractivity contribution < 1.29 is 23.7 Å². The third-order valence-corrected chi connectivity index (χ3v) is 2.32. The molecule has 0 amide bonds. The molecule has 0 unspecified atom stereocenters. The Morgan fingerprint density at radius 3 is 1.80 bits per heavy atom. The Balaban J connectivity index is 1.77. The average molecular weight is 285 g/mol. The van der Waals surface area contributed by atoms with E-state index in [1.54, 1.807) is 19.5 Å². The van der Waals surface area contributed by atoms with E-state index in [-0.39, 0.29) is 0 Å². The summed E-state index contributed by atoms with van der Waals surface area (Å²) in [5, 5.41) is 0. The van der Waals surface area contributed by atoms with Crippen molar-refractivity contribution in [2.75, 3.05) is 60.0 Å². The normalized spacial score (nSPS) is 10.7. The van der Waals surface area contributed by atoms with E-state index < -0.39 is 0 Å². The maximum Gasteiger partial charge on any atom is 0.122 e. The zero-order valence-electron chi connectivity index (χ0n) is 12.0. The largest absolute Gasteiger partial charge is 0.491 e. The van der Waals surface area contributed by atoms with Gasteiger partial charge >= 0.3 is 0 Å². The fourth-order valence-corrected chi connectivity index (χ4v) is 1.34. The second kappa shape index (κ2) is 12.8. The van der Waals surface area contributed by atoms with Gasteiger partial charge in [0.25, 0.3) is 0 Å². The molecule has 0 fully saturated rings. The number of methoxy groups -OCH3 is 1. The third-order valence-electron chi connectivity index (χ3n) is 2.32. The summed E-state index contributed by atoms with van der Waals surface area (Å²) in [5.41, 5.74) is 0. The fourth-order valence-electron chi connectivity index (χ4n) is 1.34. The van der Waals surface area contributed by atoms with Crippen molar-refractivity contribution in [2.24, 2.45) is 0 Å². The minimum Gasteiger partial charge on any atom is -0.491 e. The Morgan fingerprint density at radius 1 is 0.750 bits per heavy atom. The molecule has 0 saturated carbocycles. The Labute approximate surface area is 120 Å². The minimum atomic E-state index is 0.518. The van der Waals surface area contributed by atoms with Crippen LogP contribution in [-0.2, 0) is 18.9 Å². The maximum absolute atomic E-state index is 5.45. The van der Waals surface area contributed by atoms with Gasteiger partial charge in [0, 0.05) is 19.5 Å². The van der Waals surface area contributed by atoms with Gasteiger partial charge in [-0.3, -0.25) is 4.98 Å². The summed E-state index contributed by atoms with van der Waals surface area (Å²) in [7, 11) is 1.65. The number of hydrogen-bond donors (Lipinski definition) is 0. The highest BCUT2D eigenvalue weighted by Gasteiger charge is 1.94. The van der Waals surface area contributed by atoms with Crippen LogP contribution >= 0.6 is 0 Å². The number of pyridine rings is 1. The predicted octanol–water partition coefficient (Wildman–Crippen LogP) is 1.16. The SMILES string of the molecule is COCCOCCOCCOCCOc1ccncc1. The molecule has 114 valence electrons. The Hall–Kier alpha value is -1.21. The van der Waals surface area contributed by atoms with Crippen LogP contribution < -0.4 is 4.74 Å². The lowest BCUT2D eigenvalue weighted by Gasteiger charge is -2.08. The van der Waals surface area contributed by atoms with E-state index in [2.05, 4.69) is 4.98 Å². The number of aromatic nitrogens is 1. The van der Waals surface area contributed by atoms with Crippen molar-refractivity contribution in [3.8, 4) is 5.75 Å². The minimum absolute atomic E-state index is 0.518. The van der Waals surface area contributed by atoms with E-state index >= 15 is 0 Å². The Kier molecular flexibility index (Phi) is 10.8. The van der Waals surface area contributed by atoms with Gasteiger partial charge in [0.1, 0.15) is 12.4 Å². The third kappa shape index (κ3) is 9.69. The topological polar surface area (TPSA) is 59.0 Å². The fraction of sp³-hybridized carbons (Fsp3) is 0.643. The Morgan fingerprint density at radius 2 is 1.25 bits per heavy atom. The first kappa shape index (κ1) is 16.8. The zero-order valence-corrected chi connectivity index (χ0v) is 12.0. The predicted molar refractivity (Wildman–Crippen MR) is 74.1 cm³/mol. The molecule has 0 atom stereocenters. The molecular weight excluding hydrogens is 262 g/mol. The molecule has 0 aromatic carbocycles. The lowest BCUT2D eigenvalue weighted by molar-refractivity contribution is 0.000161. The summed E-state index contributed by atoms with van der Waals surface area (Å²) in [6, 6.07) is 3.62. The van der Waals surface area contributed by atoms with Gasteiger partial charge in [-0.2, -0.15) is 0 Å². The average Bonchev–Trinajstić information content (AvgIpc) is 2.49. The van der Waals surface area contributed by atoms with Crippen molar-refractivity contribution in [3.05, 3.63) is 24.5 Å². The highest BCUT2D eigenvalue weighted by molar-refractivity contribution is 5.16. The first-order chi connectivity index (χ1) is 9.93. The smallest absolute Gasteiger partial charge is 0.122 e. The molecule has 0 aliphatic rings. The summed E-state index contributed by atoms with van der Waals surface area (Å²) >= 11 is 0. The molecule has 0 saturated heterocycles. The van der Waals surface area contributed by atoms with E-state index in [4.69, 9.17) is 23.7 Å². The number of ether oxygens (including phenoxy) is 5. The summed E-state index contributed by atoms with van der Waals surface area (Å²) < 4.78 is 26.3. The van der Waals surface area contributed by atoms with Crippen LogP contribution in [0.3, 0.4) is 0 Å². The monoisotopic (exact) mass is 285 g/mol. The van der Waals surface area contributed by atoms with E-state index in [0.717, 1.165) is 5.75 Å². The van der Waals surface area contributed by atoms with Gasteiger partial charge in [0.15, 0.2) is 0 Å². The van der Waals surface area contributed by atoms with Crippen LogP contribution in [0.1, 0.15) is 0 Å². The van der Waals surface area contributed by atoms with E-state index in [9.17, 15) is 0 Å². The molecular formula is C14H23NO5. The van der Waals surface area contributed by atoms with Gasteiger partial charge in [-0.1, -0.05) is 0 Å². The second-order valence-corrected chi connectivity index (χ2v) is 3.86. The van der Waals surface area contributed by atoms with Gasteiger partial charge < -0.3 is 23.7 Å². The van der Waals surface area contributed by atoms with Gasteiger partial charge in [-0.15, -0.1) is 0 Å². The van der Waals surface area contributed by atoms with Crippen LogP contribution in [0.5, 0.6) is 5.75 Å². The highest BCUT2D eigenvalue weighted by Crippen LogP contribution is 2.05. The zero-order chi connectivity index (χ0) is 14.3. The number of nitrogens with zero attached hydrogens (tertiary/aromatic N) is 1. The molecule has 0 radical (unpaired) electrons. The highest BCUT2D eigenvalue weighted by atomic mass is 16.6. The maximum atomic E-state index is 5.45. The van der Waals surface area contributed by atoms with Crippen LogP contribution in [0, 0.1) is 0 Å². The lowest BCUT2D eigenvalue weighted by Crippen LogP contribution is -2.13. The van der Waals surface area contributed by atoms with Crippen molar-refractivity contribution in [1.29, 1.82) is 0 Å². The molecule has 6 heteroatoms. The molecule has 0 bridgehead atoms. The molecule has 0 N–H and O–H groups in total. The summed E-state index contributed by atoms with van der Waals surface area (Å²) in [4.78, 5) is 3.91. The summed E-state index contributed by atoms with van der Waals surface area (Å²) in [6.45, 7) is 4.53. The second-order valence-electron chi connectivity index (χ2n) is 3.86. The molecule has 1 rings (SSSR count). The van der Waals surface area contributed by atoms with Crippen LogP contribution in [0.4, 0.5) is 0 Å². The van der Waals surface area contributed by atoms with Crippen LogP contribution in [-0.4, -0.2) is 64.9 Å². The summed E-state index contributed by atoms with van der Waals surface area (Å²) in [5.74, 6) is 0.799. The first-order valence-corrected chi connectivity index (χ1v) is 6.68. The molecule has 6 nitrogen and oxygen atoms in total. The Bertz CT molecular complexity index is 310. The molecule has 1 aromatic heterocycles. The van der Waals surface area contributed by atoms with E-state index in [1.165, 1.54) is 0 Å². The van der Waals surface area contributed by atoms with Crippen LogP contribution in [0.25, 0.3) is 0 Å². The van der Waals surface area contributed by atoms with Crippen LogP contribution in [0.2, 0.25) is 0 Å². The van der Waals surface area contributed by atoms with Crippen molar-refractivity contribution >= 4 is 0 Å². The standard InChI is InChI=1S/C14H23NO5/c1-16-6-7-17-8-9-18-10-11-19-12-13-20-14-2-4-15-5-3-14/h2-5H,6-13H2,1H3. The van der Waals surface area contributed by atoms with Crippen molar-refractivity contribution in [2.45, 2.75) is 0 Å². The molecule has 1 heterocycles. The van der Waals surface area contributed by atoms with Gasteiger partial charge in [-0.05, 0) is 12.1 Å². The summed E-state index contributed by atoms with van der Waals surface area (Å²) in [6.07, 6.45) is 3.39. The van der Waals surface area contributed by atoms with Crippen LogP contribution in [0.15, 0.2) is 24.5 Å². The molecule has 0 aliphatic heterocycles. The van der Waals surface area contributed by atoms with Crippen molar-refractivity contribution in [1.82, 2.24) is 4.98 Å². The van der Waals surface area contributed by atoms with E-state index in [0.29, 0.717) is 52.9 Å². The number of hydrogen-bond acceptors (Lipinski definition) is 6. The quantitative estimate of drug-likeness (QED) is 0.507. The molecule has 0 spiro atoms. The molecule has 0 aliphatic carbocycles. The van der Waals surface area contributed by atoms with Gasteiger partial charge in [0.05, 0.1) is 46.2 Å². The van der Waals surface area contributed by atoms with Gasteiger partial charge in [0.2, 0.25) is 0 Å². The lowest BCUT2D eigenvalue weighted by atomic mass is 10.4. The number of rotatable bonds is 13. The van der Waals surface area contributed by atoms with E-state index in [1.807, 2.05) is 12.1 Å². The van der Waals surface area contributed by atoms with Gasteiger partial charge in [-0.25, -0.2) is 0 Å².